The van der Waals surface area contributed by atoms with Crippen molar-refractivity contribution in [1.29, 1.82) is 0 Å². The van der Waals surface area contributed by atoms with Gasteiger partial charge in [0.25, 0.3) is 5.91 Å². The lowest BCUT2D eigenvalue weighted by atomic mass is 9.89. The highest BCUT2D eigenvalue weighted by Crippen LogP contribution is 2.26. The molecule has 0 aromatic heterocycles. The zero-order chi connectivity index (χ0) is 21.5. The molecule has 160 valence electrons. The molecule has 0 unspecified atom stereocenters. The van der Waals surface area contributed by atoms with Gasteiger partial charge in [0.1, 0.15) is 6.04 Å². The first-order valence-corrected chi connectivity index (χ1v) is 10.6. The maximum Gasteiger partial charge on any atom is 0.306 e. The van der Waals surface area contributed by atoms with E-state index in [1.807, 2.05) is 24.3 Å². The molecule has 2 heterocycles. The number of terminal acetylenes is 1. The quantitative estimate of drug-likeness (QED) is 0.618. The molecule has 7 heteroatoms. The number of amides is 2. The third-order valence-electron chi connectivity index (χ3n) is 5.94. The molecule has 30 heavy (non-hydrogen) atoms. The van der Waals surface area contributed by atoms with E-state index in [2.05, 4.69) is 16.6 Å². The second-order valence-electron chi connectivity index (χ2n) is 8.06. The fraction of sp³-hybridized carbons (Fsp3) is 0.522. The molecule has 7 nitrogen and oxygen atoms in total. The van der Waals surface area contributed by atoms with Crippen molar-refractivity contribution in [2.75, 3.05) is 26.2 Å². The van der Waals surface area contributed by atoms with Gasteiger partial charge in [-0.05, 0) is 62.4 Å². The molecule has 3 rings (SSSR count). The number of nitrogens with one attached hydrogen (secondary N) is 2. The first kappa shape index (κ1) is 21.8. The Labute approximate surface area is 177 Å². The van der Waals surface area contributed by atoms with Crippen molar-refractivity contribution in [1.82, 2.24) is 15.5 Å². The van der Waals surface area contributed by atoms with E-state index >= 15 is 0 Å². The number of aliphatic carboxylic acids is 1. The van der Waals surface area contributed by atoms with Crippen LogP contribution >= 0.6 is 0 Å². The maximum atomic E-state index is 13.0. The van der Waals surface area contributed by atoms with Crippen LogP contribution in [0.2, 0.25) is 0 Å². The minimum Gasteiger partial charge on any atom is -0.481 e. The van der Waals surface area contributed by atoms with Crippen LogP contribution in [-0.4, -0.2) is 60.0 Å². The van der Waals surface area contributed by atoms with Crippen molar-refractivity contribution < 1.29 is 19.5 Å². The Balaban J connectivity index is 1.59. The molecular formula is C23H29N3O4. The fourth-order valence-electron chi connectivity index (χ4n) is 4.23. The number of piperidine rings is 2. The third kappa shape index (κ3) is 5.61. The van der Waals surface area contributed by atoms with Gasteiger partial charge in [-0.25, -0.2) is 0 Å². The van der Waals surface area contributed by atoms with Crippen LogP contribution in [0.4, 0.5) is 0 Å². The summed E-state index contributed by atoms with van der Waals surface area (Å²) in [4.78, 5) is 38.0. The van der Waals surface area contributed by atoms with Gasteiger partial charge in [-0.3, -0.25) is 14.4 Å². The van der Waals surface area contributed by atoms with Gasteiger partial charge in [0.2, 0.25) is 5.91 Å². The molecule has 3 N–H and O–H groups in total. The van der Waals surface area contributed by atoms with Crippen LogP contribution in [-0.2, 0) is 9.59 Å². The van der Waals surface area contributed by atoms with Gasteiger partial charge in [0.05, 0.1) is 12.3 Å². The Bertz CT molecular complexity index is 809. The van der Waals surface area contributed by atoms with Gasteiger partial charge in [-0.2, -0.15) is 0 Å². The zero-order valence-electron chi connectivity index (χ0n) is 17.1. The molecule has 0 aliphatic carbocycles. The summed E-state index contributed by atoms with van der Waals surface area (Å²) < 4.78 is 0. The van der Waals surface area contributed by atoms with Crippen molar-refractivity contribution in [3.63, 3.8) is 0 Å². The van der Waals surface area contributed by atoms with E-state index in [9.17, 15) is 14.4 Å². The number of hydrogen-bond donors (Lipinski definition) is 3. The van der Waals surface area contributed by atoms with Crippen LogP contribution < -0.4 is 10.6 Å². The Morgan fingerprint density at radius 1 is 1.20 bits per heavy atom. The largest absolute Gasteiger partial charge is 0.481 e. The van der Waals surface area contributed by atoms with E-state index in [1.165, 1.54) is 5.56 Å². The van der Waals surface area contributed by atoms with Gasteiger partial charge in [-0.15, -0.1) is 6.42 Å². The van der Waals surface area contributed by atoms with Crippen LogP contribution in [0.15, 0.2) is 24.3 Å². The van der Waals surface area contributed by atoms with Crippen LogP contribution in [0, 0.1) is 18.3 Å². The predicted molar refractivity (Wildman–Crippen MR) is 113 cm³/mol. The lowest BCUT2D eigenvalue weighted by Crippen LogP contribution is -2.47. The van der Waals surface area contributed by atoms with Crippen LogP contribution in [0.1, 0.15) is 53.9 Å². The number of carbonyl (C=O) groups excluding carboxylic acids is 2. The van der Waals surface area contributed by atoms with Gasteiger partial charge in [0, 0.05) is 18.7 Å². The van der Waals surface area contributed by atoms with E-state index < -0.39 is 12.0 Å². The molecule has 0 radical (unpaired) electrons. The number of likely N-dealkylation sites (tertiary alicyclic amines) is 1. The fourth-order valence-corrected chi connectivity index (χ4v) is 4.23. The lowest BCUT2D eigenvalue weighted by molar-refractivity contribution is -0.137. The Kier molecular flexibility index (Phi) is 7.47. The SMILES string of the molecule is C#C[C@H](CC(=O)O)NC(=O)[C@@H]1CCCN(C(=O)c2ccc(C3CCNCC3)cc2)C1. The average Bonchev–Trinajstić information content (AvgIpc) is 2.78. The predicted octanol–water partition coefficient (Wildman–Crippen LogP) is 1.60. The van der Waals surface area contributed by atoms with E-state index in [0.717, 1.165) is 32.4 Å². The Morgan fingerprint density at radius 2 is 1.90 bits per heavy atom. The standard InChI is InChI=1S/C23H29N3O4/c1-2-20(14-21(27)28)25-22(29)19-4-3-13-26(15-19)23(30)18-7-5-16(6-8-18)17-9-11-24-12-10-17/h1,5-8,17,19-20,24H,3-4,9-15H2,(H,25,29)(H,27,28)/t19-,20-/m1/s1. The minimum atomic E-state index is -1.06. The second-order valence-corrected chi connectivity index (χ2v) is 8.06. The van der Waals surface area contributed by atoms with Crippen molar-refractivity contribution in [3.8, 4) is 12.3 Å². The summed E-state index contributed by atoms with van der Waals surface area (Å²) in [5.41, 5.74) is 1.89. The monoisotopic (exact) mass is 411 g/mol. The maximum absolute atomic E-state index is 13.0. The van der Waals surface area contributed by atoms with Gasteiger partial charge in [0.15, 0.2) is 0 Å². The summed E-state index contributed by atoms with van der Waals surface area (Å²) in [7, 11) is 0. The van der Waals surface area contributed by atoms with E-state index in [0.29, 0.717) is 31.0 Å². The molecular weight excluding hydrogens is 382 g/mol. The smallest absolute Gasteiger partial charge is 0.306 e. The first-order valence-electron chi connectivity index (χ1n) is 10.6. The number of rotatable bonds is 6. The summed E-state index contributed by atoms with van der Waals surface area (Å²) in [5, 5.41) is 14.9. The molecule has 2 saturated heterocycles. The van der Waals surface area contributed by atoms with E-state index in [-0.39, 0.29) is 24.2 Å². The number of carboxylic acids is 1. The lowest BCUT2D eigenvalue weighted by Gasteiger charge is -2.32. The molecule has 1 aromatic rings. The Morgan fingerprint density at radius 3 is 2.53 bits per heavy atom. The van der Waals surface area contributed by atoms with Crippen LogP contribution in [0.25, 0.3) is 0 Å². The van der Waals surface area contributed by atoms with E-state index in [1.54, 1.807) is 4.90 Å². The van der Waals surface area contributed by atoms with Crippen molar-refractivity contribution >= 4 is 17.8 Å². The van der Waals surface area contributed by atoms with Gasteiger partial charge in [-0.1, -0.05) is 18.1 Å². The summed E-state index contributed by atoms with van der Waals surface area (Å²) >= 11 is 0. The number of carbonyl (C=O) groups is 3. The van der Waals surface area contributed by atoms with Gasteiger partial charge < -0.3 is 20.6 Å². The number of nitrogens with zero attached hydrogens (tertiary/aromatic N) is 1. The summed E-state index contributed by atoms with van der Waals surface area (Å²) in [6.07, 6.45) is 8.58. The van der Waals surface area contributed by atoms with Crippen molar-refractivity contribution in [3.05, 3.63) is 35.4 Å². The molecule has 0 spiro atoms. The molecule has 2 aliphatic heterocycles. The summed E-state index contributed by atoms with van der Waals surface area (Å²) in [6.45, 7) is 2.96. The number of benzene rings is 1. The summed E-state index contributed by atoms with van der Waals surface area (Å²) in [6, 6.07) is 7.00. The Hall–Kier alpha value is -2.85. The number of carboxylic acid groups (broad SMARTS) is 1. The van der Waals surface area contributed by atoms with Crippen molar-refractivity contribution in [2.45, 2.75) is 44.1 Å². The average molecular weight is 412 g/mol. The summed E-state index contributed by atoms with van der Waals surface area (Å²) in [5.74, 6) is 1.01. The highest BCUT2D eigenvalue weighted by molar-refractivity contribution is 5.94. The molecule has 1 aromatic carbocycles. The van der Waals surface area contributed by atoms with Crippen molar-refractivity contribution in [2.24, 2.45) is 5.92 Å². The first-order chi connectivity index (χ1) is 14.5. The minimum absolute atomic E-state index is 0.0802. The highest BCUT2D eigenvalue weighted by Gasteiger charge is 2.30. The number of hydrogen-bond acceptors (Lipinski definition) is 4. The van der Waals surface area contributed by atoms with Gasteiger partial charge >= 0.3 is 5.97 Å². The van der Waals surface area contributed by atoms with E-state index in [4.69, 9.17) is 11.5 Å². The molecule has 2 amide bonds. The molecule has 0 bridgehead atoms. The normalized spacial score (nSPS) is 20.8. The van der Waals surface area contributed by atoms with Crippen LogP contribution in [0.3, 0.4) is 0 Å². The zero-order valence-corrected chi connectivity index (χ0v) is 17.1. The molecule has 2 atom stereocenters. The third-order valence-corrected chi connectivity index (χ3v) is 5.94. The topological polar surface area (TPSA) is 98.7 Å². The highest BCUT2D eigenvalue weighted by atomic mass is 16.4. The molecule has 2 aliphatic rings. The molecule has 2 fully saturated rings. The second kappa shape index (κ2) is 10.3. The molecule has 0 saturated carbocycles. The van der Waals surface area contributed by atoms with Crippen LogP contribution in [0.5, 0.6) is 0 Å².